The number of nitrogens with zero attached hydrogens (tertiary/aromatic N) is 1. The van der Waals surface area contributed by atoms with Crippen LogP contribution in [0, 0.1) is 0 Å². The van der Waals surface area contributed by atoms with E-state index in [0.29, 0.717) is 23.5 Å². The minimum atomic E-state index is -3.37. The fourth-order valence-electron chi connectivity index (χ4n) is 3.77. The SMILES string of the molecule is CCO[P+]1([O-])c2cc(Cl)ccc2C=C(c2ccc(CC)cc2)N1Cc1ccccc1. The van der Waals surface area contributed by atoms with Crippen LogP contribution in [0.5, 0.6) is 0 Å². The zero-order valence-corrected chi connectivity index (χ0v) is 18.9. The number of aryl methyl sites for hydroxylation is 1. The lowest BCUT2D eigenvalue weighted by Gasteiger charge is -2.43. The summed E-state index contributed by atoms with van der Waals surface area (Å²) in [4.78, 5) is 14.5. The zero-order chi connectivity index (χ0) is 21.1. The van der Waals surface area contributed by atoms with E-state index >= 15 is 0 Å². The summed E-state index contributed by atoms with van der Waals surface area (Å²) in [5, 5.41) is 1.21. The van der Waals surface area contributed by atoms with Crippen LogP contribution in [0.25, 0.3) is 11.8 Å². The quantitative estimate of drug-likeness (QED) is 0.464. The topological polar surface area (TPSA) is 35.5 Å². The molecule has 0 saturated carbocycles. The third-order valence-corrected chi connectivity index (χ3v) is 8.15. The van der Waals surface area contributed by atoms with Crippen molar-refractivity contribution < 1.29 is 9.42 Å². The minimum Gasteiger partial charge on any atom is -0.633 e. The summed E-state index contributed by atoms with van der Waals surface area (Å²) in [7, 11) is -3.37. The molecular formula is C25H25ClNO2P. The van der Waals surface area contributed by atoms with Crippen LogP contribution in [-0.4, -0.2) is 11.3 Å². The van der Waals surface area contributed by atoms with E-state index in [9.17, 15) is 4.89 Å². The molecule has 3 nitrogen and oxygen atoms in total. The smallest absolute Gasteiger partial charge is 0.231 e. The third-order valence-electron chi connectivity index (χ3n) is 5.32. The molecule has 0 radical (unpaired) electrons. The maximum Gasteiger partial charge on any atom is 0.231 e. The van der Waals surface area contributed by atoms with Gasteiger partial charge in [-0.15, -0.1) is 0 Å². The van der Waals surface area contributed by atoms with E-state index in [-0.39, 0.29) is 0 Å². The molecule has 1 heterocycles. The number of rotatable bonds is 6. The van der Waals surface area contributed by atoms with Crippen molar-refractivity contribution in [2.24, 2.45) is 0 Å². The van der Waals surface area contributed by atoms with Crippen molar-refractivity contribution in [1.82, 2.24) is 4.67 Å². The maximum atomic E-state index is 14.5. The van der Waals surface area contributed by atoms with E-state index in [2.05, 4.69) is 37.3 Å². The summed E-state index contributed by atoms with van der Waals surface area (Å²) in [6, 6.07) is 24.0. The van der Waals surface area contributed by atoms with Crippen LogP contribution < -0.4 is 10.2 Å². The lowest BCUT2D eigenvalue weighted by Crippen LogP contribution is -2.41. The van der Waals surface area contributed by atoms with E-state index in [1.807, 2.05) is 54.1 Å². The molecule has 0 N–H and O–H groups in total. The second-order valence-electron chi connectivity index (χ2n) is 7.26. The maximum absolute atomic E-state index is 14.5. The van der Waals surface area contributed by atoms with Gasteiger partial charge in [-0.25, -0.2) is 9.19 Å². The normalized spacial score (nSPS) is 18.1. The molecule has 0 fully saturated rings. The van der Waals surface area contributed by atoms with Crippen LogP contribution in [0.4, 0.5) is 0 Å². The van der Waals surface area contributed by atoms with Crippen molar-refractivity contribution >= 4 is 36.5 Å². The van der Waals surface area contributed by atoms with Crippen LogP contribution >= 0.6 is 19.5 Å². The molecule has 0 saturated heterocycles. The van der Waals surface area contributed by atoms with Crippen molar-refractivity contribution in [1.29, 1.82) is 0 Å². The predicted octanol–water partition coefficient (Wildman–Crippen LogP) is 5.70. The average Bonchev–Trinajstić information content (AvgIpc) is 2.77. The Hall–Kier alpha value is -2.16. The molecule has 3 aromatic rings. The highest BCUT2D eigenvalue weighted by molar-refractivity contribution is 7.70. The Bertz CT molecular complexity index is 1050. The van der Waals surface area contributed by atoms with Crippen LogP contribution in [0.3, 0.4) is 0 Å². The van der Waals surface area contributed by atoms with Gasteiger partial charge in [-0.05, 0) is 42.7 Å². The van der Waals surface area contributed by atoms with Gasteiger partial charge >= 0.3 is 0 Å². The van der Waals surface area contributed by atoms with Gasteiger partial charge in [0.05, 0.1) is 18.8 Å². The van der Waals surface area contributed by atoms with Gasteiger partial charge in [-0.2, -0.15) is 0 Å². The van der Waals surface area contributed by atoms with Gasteiger partial charge in [0, 0.05) is 22.2 Å². The van der Waals surface area contributed by atoms with E-state index in [1.54, 1.807) is 6.07 Å². The Kier molecular flexibility index (Phi) is 6.26. The number of fused-ring (bicyclic) bond motifs is 1. The monoisotopic (exact) mass is 437 g/mol. The fourth-order valence-corrected chi connectivity index (χ4v) is 6.48. The Morgan fingerprint density at radius 1 is 0.933 bits per heavy atom. The standard InChI is InChI=1S/C25H25ClNO2P/c1-3-19-10-12-21(13-11-19)24-16-22-14-15-23(26)17-25(22)30(28,29-4-2)27(24)18-20-8-6-5-7-9-20/h5-17H,3-4,18H2,1-2H3. The molecule has 30 heavy (non-hydrogen) atoms. The van der Waals surface area contributed by atoms with E-state index in [0.717, 1.165) is 28.8 Å². The van der Waals surface area contributed by atoms with Crippen LogP contribution in [0.15, 0.2) is 72.8 Å². The first-order valence-corrected chi connectivity index (χ1v) is 12.2. The van der Waals surface area contributed by atoms with E-state index in [1.165, 1.54) is 5.56 Å². The highest BCUT2D eigenvalue weighted by atomic mass is 35.5. The van der Waals surface area contributed by atoms with Crippen molar-refractivity contribution in [3.8, 4) is 0 Å². The predicted molar refractivity (Wildman–Crippen MR) is 125 cm³/mol. The van der Waals surface area contributed by atoms with Crippen LogP contribution in [0.2, 0.25) is 5.02 Å². The molecule has 0 bridgehead atoms. The molecule has 0 aromatic heterocycles. The molecule has 5 heteroatoms. The first kappa shape index (κ1) is 21.1. The zero-order valence-electron chi connectivity index (χ0n) is 17.2. The van der Waals surface area contributed by atoms with E-state index in [4.69, 9.17) is 16.1 Å². The van der Waals surface area contributed by atoms with Crippen LogP contribution in [-0.2, 0) is 17.5 Å². The Labute approximate surface area is 184 Å². The Balaban J connectivity index is 1.89. The number of hydrogen-bond donors (Lipinski definition) is 0. The molecule has 1 atom stereocenters. The van der Waals surface area contributed by atoms with Gasteiger partial charge in [-0.3, -0.25) is 0 Å². The summed E-state index contributed by atoms with van der Waals surface area (Å²) in [6.07, 6.45) is 3.07. The first-order valence-electron chi connectivity index (χ1n) is 10.2. The Morgan fingerprint density at radius 3 is 2.33 bits per heavy atom. The largest absolute Gasteiger partial charge is 0.633 e. The van der Waals surface area contributed by atoms with Crippen molar-refractivity contribution in [3.05, 3.63) is 100 Å². The lowest BCUT2D eigenvalue weighted by atomic mass is 10.0. The van der Waals surface area contributed by atoms with Gasteiger partial charge in [0.1, 0.15) is 0 Å². The second-order valence-corrected chi connectivity index (χ2v) is 9.96. The summed E-state index contributed by atoms with van der Waals surface area (Å²) >= 11 is 6.28. The van der Waals surface area contributed by atoms with Crippen molar-refractivity contribution in [2.45, 2.75) is 26.8 Å². The molecule has 0 aliphatic carbocycles. The lowest BCUT2D eigenvalue weighted by molar-refractivity contribution is -0.199. The summed E-state index contributed by atoms with van der Waals surface area (Å²) in [5.74, 6) is 0. The highest BCUT2D eigenvalue weighted by Gasteiger charge is 2.45. The number of benzene rings is 3. The van der Waals surface area contributed by atoms with Gasteiger partial charge < -0.3 is 4.89 Å². The first-order chi connectivity index (χ1) is 14.5. The molecule has 1 unspecified atom stereocenters. The highest BCUT2D eigenvalue weighted by Crippen LogP contribution is 2.61. The van der Waals surface area contributed by atoms with Gasteiger partial charge in [0.25, 0.3) is 0 Å². The Morgan fingerprint density at radius 2 is 1.67 bits per heavy atom. The summed E-state index contributed by atoms with van der Waals surface area (Å²) in [5.41, 5.74) is 5.13. The fraction of sp³-hybridized carbons (Fsp3) is 0.200. The molecule has 154 valence electrons. The van der Waals surface area contributed by atoms with Gasteiger partial charge in [-0.1, -0.05) is 73.1 Å². The molecular weight excluding hydrogens is 413 g/mol. The molecule has 3 aromatic carbocycles. The molecule has 4 rings (SSSR count). The number of hydrogen-bond acceptors (Lipinski definition) is 3. The molecule has 0 spiro atoms. The molecule has 1 aliphatic heterocycles. The van der Waals surface area contributed by atoms with Gasteiger partial charge in [0.15, 0.2) is 5.30 Å². The summed E-state index contributed by atoms with van der Waals surface area (Å²) < 4.78 is 7.94. The average molecular weight is 438 g/mol. The van der Waals surface area contributed by atoms with Crippen LogP contribution in [0.1, 0.15) is 36.1 Å². The molecule has 0 amide bonds. The van der Waals surface area contributed by atoms with Crippen molar-refractivity contribution in [2.75, 3.05) is 6.61 Å². The second kappa shape index (κ2) is 8.91. The summed E-state index contributed by atoms with van der Waals surface area (Å²) in [6.45, 7) is 4.83. The minimum absolute atomic E-state index is 0.344. The van der Waals surface area contributed by atoms with Crippen molar-refractivity contribution in [3.63, 3.8) is 0 Å². The number of halogens is 1. The van der Waals surface area contributed by atoms with E-state index < -0.39 is 7.87 Å². The third kappa shape index (κ3) is 4.04. The molecule has 1 aliphatic rings. The van der Waals surface area contributed by atoms with Gasteiger partial charge in [0.2, 0.25) is 7.87 Å².